The molecule has 1 saturated carbocycles. The van der Waals surface area contributed by atoms with Gasteiger partial charge in [0.15, 0.2) is 5.15 Å². The average molecular weight is 238 g/mol. The summed E-state index contributed by atoms with van der Waals surface area (Å²) in [7, 11) is 0. The van der Waals surface area contributed by atoms with Gasteiger partial charge >= 0.3 is 0 Å². The zero-order chi connectivity index (χ0) is 11.1. The summed E-state index contributed by atoms with van der Waals surface area (Å²) < 4.78 is 0. The minimum Gasteiger partial charge on any atom is -0.298 e. The second-order valence-corrected chi connectivity index (χ2v) is 4.77. The van der Waals surface area contributed by atoms with E-state index in [0.717, 1.165) is 43.6 Å². The largest absolute Gasteiger partial charge is 0.298 e. The van der Waals surface area contributed by atoms with Gasteiger partial charge in [-0.15, -0.1) is 5.10 Å². The number of hydrogen-bond acceptors (Lipinski definition) is 4. The monoisotopic (exact) mass is 237 g/mol. The van der Waals surface area contributed by atoms with E-state index in [4.69, 9.17) is 11.6 Å². The Labute approximate surface area is 98.6 Å². The van der Waals surface area contributed by atoms with Gasteiger partial charge in [-0.05, 0) is 18.1 Å². The van der Waals surface area contributed by atoms with Crippen LogP contribution in [0.4, 0.5) is 0 Å². The van der Waals surface area contributed by atoms with E-state index in [1.165, 1.54) is 0 Å². The van der Waals surface area contributed by atoms with E-state index in [0.29, 0.717) is 10.9 Å². The number of ketones is 1. The molecule has 2 heterocycles. The number of carbonyl (C=O) groups excluding carboxylic acids is 1. The van der Waals surface area contributed by atoms with Gasteiger partial charge in [-0.25, -0.2) is 0 Å². The maximum atomic E-state index is 11.4. The van der Waals surface area contributed by atoms with Crippen LogP contribution in [0.15, 0.2) is 6.07 Å². The first-order chi connectivity index (χ1) is 7.74. The molecule has 5 heteroatoms. The Balaban J connectivity index is 1.82. The van der Waals surface area contributed by atoms with Gasteiger partial charge in [0.2, 0.25) is 0 Å². The van der Waals surface area contributed by atoms with E-state index in [1.807, 2.05) is 6.07 Å². The summed E-state index contributed by atoms with van der Waals surface area (Å²) in [6.45, 7) is 1.68. The predicted octanol–water partition coefficient (Wildman–Crippen LogP) is 1.22. The van der Waals surface area contributed by atoms with Crippen molar-refractivity contribution in [1.29, 1.82) is 0 Å². The van der Waals surface area contributed by atoms with Crippen molar-refractivity contribution < 1.29 is 4.79 Å². The second kappa shape index (κ2) is 3.79. The van der Waals surface area contributed by atoms with Crippen molar-refractivity contribution in [2.24, 2.45) is 0 Å². The van der Waals surface area contributed by atoms with Crippen LogP contribution in [0.3, 0.4) is 0 Å². The Morgan fingerprint density at radius 3 is 2.94 bits per heavy atom. The van der Waals surface area contributed by atoms with Gasteiger partial charge in [0.1, 0.15) is 5.78 Å². The van der Waals surface area contributed by atoms with Crippen molar-refractivity contribution in [3.8, 4) is 0 Å². The molecule has 1 unspecified atom stereocenters. The minimum atomic E-state index is 0.139. The van der Waals surface area contributed by atoms with E-state index in [2.05, 4.69) is 15.1 Å². The maximum absolute atomic E-state index is 11.4. The molecule has 4 nitrogen and oxygen atoms in total. The summed E-state index contributed by atoms with van der Waals surface area (Å²) in [5.41, 5.74) is 2.14. The molecule has 0 N–H and O–H groups in total. The van der Waals surface area contributed by atoms with Crippen molar-refractivity contribution in [1.82, 2.24) is 15.1 Å². The van der Waals surface area contributed by atoms with Gasteiger partial charge in [-0.1, -0.05) is 11.6 Å². The first kappa shape index (κ1) is 10.2. The van der Waals surface area contributed by atoms with Crippen molar-refractivity contribution in [3.05, 3.63) is 22.5 Å². The molecule has 0 radical (unpaired) electrons. The number of fused-ring (bicyclic) bond motifs is 1. The fourth-order valence-electron chi connectivity index (χ4n) is 2.37. The van der Waals surface area contributed by atoms with E-state index >= 15 is 0 Å². The summed E-state index contributed by atoms with van der Waals surface area (Å²) in [5.74, 6) is 0.372. The summed E-state index contributed by atoms with van der Waals surface area (Å²) in [4.78, 5) is 13.6. The van der Waals surface area contributed by atoms with E-state index < -0.39 is 0 Å². The van der Waals surface area contributed by atoms with Crippen LogP contribution in [-0.4, -0.2) is 33.5 Å². The maximum Gasteiger partial charge on any atom is 0.152 e. The van der Waals surface area contributed by atoms with Gasteiger partial charge in [-0.2, -0.15) is 5.10 Å². The first-order valence-corrected chi connectivity index (χ1v) is 5.89. The highest BCUT2D eigenvalue weighted by molar-refractivity contribution is 6.29. The Morgan fingerprint density at radius 1 is 1.38 bits per heavy atom. The molecule has 1 fully saturated rings. The van der Waals surface area contributed by atoms with Crippen LogP contribution in [0.2, 0.25) is 5.15 Å². The molecular formula is C11H12ClN3O. The average Bonchev–Trinajstić information content (AvgIpc) is 2.26. The molecule has 0 saturated heterocycles. The van der Waals surface area contributed by atoms with E-state index in [9.17, 15) is 4.79 Å². The predicted molar refractivity (Wildman–Crippen MR) is 59.2 cm³/mol. The summed E-state index contributed by atoms with van der Waals surface area (Å²) in [6.07, 6.45) is 2.60. The molecule has 1 atom stereocenters. The van der Waals surface area contributed by atoms with Crippen LogP contribution in [0.25, 0.3) is 0 Å². The molecule has 3 rings (SSSR count). The van der Waals surface area contributed by atoms with Crippen LogP contribution >= 0.6 is 11.6 Å². The lowest BCUT2D eigenvalue weighted by Gasteiger charge is -2.38. The number of Topliss-reactive ketones (excluding diaryl/α,β-unsaturated/α-hetero) is 1. The molecule has 0 amide bonds. The van der Waals surface area contributed by atoms with Crippen LogP contribution in [-0.2, 0) is 17.8 Å². The van der Waals surface area contributed by atoms with Gasteiger partial charge in [-0.3, -0.25) is 9.69 Å². The molecule has 16 heavy (non-hydrogen) atoms. The molecule has 0 spiro atoms. The minimum absolute atomic E-state index is 0.139. The SMILES string of the molecule is O=C1CCC1N1CCc2nnc(Cl)cc2C1. The summed E-state index contributed by atoms with van der Waals surface area (Å²) in [6, 6.07) is 2.00. The molecule has 1 aromatic rings. The van der Waals surface area contributed by atoms with E-state index in [1.54, 1.807) is 0 Å². The third-order valence-corrected chi connectivity index (χ3v) is 3.60. The number of hydrogen-bond donors (Lipinski definition) is 0. The molecule has 1 aromatic heterocycles. The fourth-order valence-corrected chi connectivity index (χ4v) is 2.54. The Hall–Kier alpha value is -1.000. The Morgan fingerprint density at radius 2 is 2.25 bits per heavy atom. The summed E-state index contributed by atoms with van der Waals surface area (Å²) in [5, 5.41) is 8.35. The highest BCUT2D eigenvalue weighted by Crippen LogP contribution is 2.27. The van der Waals surface area contributed by atoms with Crippen LogP contribution < -0.4 is 0 Å². The number of aromatic nitrogens is 2. The zero-order valence-electron chi connectivity index (χ0n) is 8.82. The van der Waals surface area contributed by atoms with Crippen LogP contribution in [0.1, 0.15) is 24.1 Å². The van der Waals surface area contributed by atoms with Crippen molar-refractivity contribution in [2.45, 2.75) is 31.8 Å². The highest BCUT2D eigenvalue weighted by atomic mass is 35.5. The molecule has 1 aliphatic heterocycles. The number of nitrogens with zero attached hydrogens (tertiary/aromatic N) is 3. The number of rotatable bonds is 1. The third kappa shape index (κ3) is 1.62. The molecule has 0 aromatic carbocycles. The smallest absolute Gasteiger partial charge is 0.152 e. The normalized spacial score (nSPS) is 25.1. The van der Waals surface area contributed by atoms with Gasteiger partial charge in [0, 0.05) is 25.9 Å². The third-order valence-electron chi connectivity index (χ3n) is 3.42. The van der Waals surface area contributed by atoms with Gasteiger partial charge in [0.25, 0.3) is 0 Å². The first-order valence-electron chi connectivity index (χ1n) is 5.52. The zero-order valence-corrected chi connectivity index (χ0v) is 9.57. The lowest BCUT2D eigenvalue weighted by molar-refractivity contribution is -0.131. The summed E-state index contributed by atoms with van der Waals surface area (Å²) >= 11 is 5.82. The topological polar surface area (TPSA) is 46.1 Å². The Bertz CT molecular complexity index is 449. The lowest BCUT2D eigenvalue weighted by Crippen LogP contribution is -2.49. The van der Waals surface area contributed by atoms with Crippen molar-refractivity contribution >= 4 is 17.4 Å². The lowest BCUT2D eigenvalue weighted by atomic mass is 9.88. The molecule has 1 aliphatic carbocycles. The number of carbonyl (C=O) groups is 1. The second-order valence-electron chi connectivity index (χ2n) is 4.38. The quantitative estimate of drug-likeness (QED) is 0.737. The van der Waals surface area contributed by atoms with Crippen LogP contribution in [0, 0.1) is 0 Å². The Kier molecular flexibility index (Phi) is 2.41. The van der Waals surface area contributed by atoms with Crippen molar-refractivity contribution in [2.75, 3.05) is 6.54 Å². The molecular weight excluding hydrogens is 226 g/mol. The molecule has 84 valence electrons. The molecule has 2 aliphatic rings. The highest BCUT2D eigenvalue weighted by Gasteiger charge is 2.35. The van der Waals surface area contributed by atoms with Crippen molar-refractivity contribution in [3.63, 3.8) is 0 Å². The fraction of sp³-hybridized carbons (Fsp3) is 0.545. The standard InChI is InChI=1S/C11H12ClN3O/c12-11-5-7-6-15(9-1-2-10(9)16)4-3-8(7)13-14-11/h5,9H,1-4,6H2. The van der Waals surface area contributed by atoms with E-state index in [-0.39, 0.29) is 6.04 Å². The number of halogens is 1. The van der Waals surface area contributed by atoms with Crippen LogP contribution in [0.5, 0.6) is 0 Å². The molecule has 0 bridgehead atoms. The van der Waals surface area contributed by atoms with Gasteiger partial charge < -0.3 is 0 Å². The van der Waals surface area contributed by atoms with Gasteiger partial charge in [0.05, 0.1) is 11.7 Å².